The second kappa shape index (κ2) is 8.43. The van der Waals surface area contributed by atoms with E-state index in [0.29, 0.717) is 5.82 Å². The van der Waals surface area contributed by atoms with Crippen LogP contribution >= 0.6 is 0 Å². The first kappa shape index (κ1) is 17.9. The Kier molecular flexibility index (Phi) is 6.29. The highest BCUT2D eigenvalue weighted by Crippen LogP contribution is 2.22. The molecule has 1 aromatic heterocycles. The van der Waals surface area contributed by atoms with Crippen LogP contribution in [0.2, 0.25) is 0 Å². The molecule has 0 atom stereocenters. The van der Waals surface area contributed by atoms with Crippen molar-refractivity contribution in [3.05, 3.63) is 36.4 Å². The van der Waals surface area contributed by atoms with Crippen LogP contribution in [0.5, 0.6) is 0 Å². The third kappa shape index (κ3) is 3.91. The molecule has 0 amide bonds. The molecule has 0 fully saturated rings. The average molecular weight is 325 g/mol. The maximum atomic E-state index is 4.70. The van der Waals surface area contributed by atoms with Gasteiger partial charge in [0, 0.05) is 31.7 Å². The van der Waals surface area contributed by atoms with E-state index in [-0.39, 0.29) is 0 Å². The molecular weight excluding hydrogens is 298 g/mol. The Balaban J connectivity index is 2.53. The van der Waals surface area contributed by atoms with Gasteiger partial charge in [-0.2, -0.15) is 15.0 Å². The van der Waals surface area contributed by atoms with Crippen LogP contribution in [0.25, 0.3) is 17.5 Å². The molecule has 0 aliphatic carbocycles. The Bertz CT molecular complexity index is 628. The molecule has 2 aromatic rings. The molecule has 1 heterocycles. The number of aromatic nitrogens is 3. The van der Waals surface area contributed by atoms with Gasteiger partial charge in [0.1, 0.15) is 0 Å². The first-order chi connectivity index (χ1) is 11.7. The van der Waals surface area contributed by atoms with Crippen molar-refractivity contribution in [3.8, 4) is 11.4 Å². The van der Waals surface area contributed by atoms with Crippen LogP contribution in [-0.4, -0.2) is 41.1 Å². The Labute approximate surface area is 145 Å². The fourth-order valence-electron chi connectivity index (χ4n) is 2.55. The number of hydrogen-bond donors (Lipinski definition) is 0. The van der Waals surface area contributed by atoms with Gasteiger partial charge in [0.25, 0.3) is 0 Å². The summed E-state index contributed by atoms with van der Waals surface area (Å²) in [6.07, 6.45) is 1.83. The van der Waals surface area contributed by atoms with Crippen molar-refractivity contribution in [3.63, 3.8) is 0 Å². The van der Waals surface area contributed by atoms with Gasteiger partial charge in [-0.05, 0) is 33.3 Å². The zero-order valence-electron chi connectivity index (χ0n) is 15.2. The molecule has 0 unspecified atom stereocenters. The zero-order chi connectivity index (χ0) is 17.5. The highest BCUT2D eigenvalue weighted by Gasteiger charge is 2.15. The summed E-state index contributed by atoms with van der Waals surface area (Å²) in [7, 11) is 0. The highest BCUT2D eigenvalue weighted by molar-refractivity contribution is 5.61. The van der Waals surface area contributed by atoms with Gasteiger partial charge in [-0.15, -0.1) is 0 Å². The zero-order valence-corrected chi connectivity index (χ0v) is 15.2. The molecule has 0 saturated carbocycles. The molecule has 5 heteroatoms. The molecule has 0 bridgehead atoms. The minimum absolute atomic E-state index is 0.712. The fraction of sp³-hybridized carbons (Fsp3) is 0.421. The predicted molar refractivity (Wildman–Crippen MR) is 102 cm³/mol. The maximum absolute atomic E-state index is 4.70. The lowest BCUT2D eigenvalue weighted by Gasteiger charge is -2.23. The van der Waals surface area contributed by atoms with Crippen molar-refractivity contribution in [2.75, 3.05) is 36.0 Å². The van der Waals surface area contributed by atoms with Crippen LogP contribution in [-0.2, 0) is 0 Å². The van der Waals surface area contributed by atoms with E-state index >= 15 is 0 Å². The average Bonchev–Trinajstić information content (AvgIpc) is 2.64. The molecule has 128 valence electrons. The second-order valence-electron chi connectivity index (χ2n) is 5.43. The van der Waals surface area contributed by atoms with Gasteiger partial charge >= 0.3 is 0 Å². The summed E-state index contributed by atoms with van der Waals surface area (Å²) in [6, 6.07) is 8.12. The standard InChI is InChI=1S/C19H27N5/c1-6-15-11-13-16(14-12-15)17-20-18(23(7-2)8-3)22-19(21-17)24(9-4)10-5/h6,11-14H,1,7-10H2,2-5H3. The second-order valence-corrected chi connectivity index (χ2v) is 5.43. The van der Waals surface area contributed by atoms with Crippen molar-refractivity contribution in [1.29, 1.82) is 0 Å². The summed E-state index contributed by atoms with van der Waals surface area (Å²) in [5.74, 6) is 2.18. The van der Waals surface area contributed by atoms with Crippen LogP contribution < -0.4 is 9.80 Å². The highest BCUT2D eigenvalue weighted by atomic mass is 15.3. The van der Waals surface area contributed by atoms with Crippen molar-refractivity contribution in [1.82, 2.24) is 15.0 Å². The molecule has 0 spiro atoms. The molecule has 0 saturated heterocycles. The number of rotatable bonds is 8. The van der Waals surface area contributed by atoms with Crippen molar-refractivity contribution in [2.45, 2.75) is 27.7 Å². The monoisotopic (exact) mass is 325 g/mol. The molecule has 1 aromatic carbocycles. The Morgan fingerprint density at radius 1 is 0.792 bits per heavy atom. The number of anilines is 2. The van der Waals surface area contributed by atoms with Crippen LogP contribution in [0.1, 0.15) is 33.3 Å². The fourth-order valence-corrected chi connectivity index (χ4v) is 2.55. The summed E-state index contributed by atoms with van der Waals surface area (Å²) >= 11 is 0. The Hall–Kier alpha value is -2.43. The normalized spacial score (nSPS) is 10.5. The predicted octanol–water partition coefficient (Wildman–Crippen LogP) is 3.87. The first-order valence-electron chi connectivity index (χ1n) is 8.65. The molecule has 0 radical (unpaired) electrons. The van der Waals surface area contributed by atoms with Gasteiger partial charge < -0.3 is 9.80 Å². The molecule has 0 aliphatic rings. The summed E-state index contributed by atoms with van der Waals surface area (Å²) in [6.45, 7) is 15.7. The van der Waals surface area contributed by atoms with E-state index < -0.39 is 0 Å². The summed E-state index contributed by atoms with van der Waals surface area (Å²) < 4.78 is 0. The first-order valence-corrected chi connectivity index (χ1v) is 8.65. The largest absolute Gasteiger partial charge is 0.341 e. The topological polar surface area (TPSA) is 45.2 Å². The third-order valence-electron chi connectivity index (χ3n) is 4.11. The van der Waals surface area contributed by atoms with Crippen LogP contribution in [0, 0.1) is 0 Å². The van der Waals surface area contributed by atoms with Gasteiger partial charge in [0.15, 0.2) is 5.82 Å². The van der Waals surface area contributed by atoms with Gasteiger partial charge in [-0.1, -0.05) is 36.9 Å². The Morgan fingerprint density at radius 2 is 1.25 bits per heavy atom. The smallest absolute Gasteiger partial charge is 0.230 e. The summed E-state index contributed by atoms with van der Waals surface area (Å²) in [4.78, 5) is 18.4. The molecule has 0 N–H and O–H groups in total. The van der Waals surface area contributed by atoms with E-state index in [1.54, 1.807) is 0 Å². The lowest BCUT2D eigenvalue weighted by molar-refractivity contribution is 0.779. The SMILES string of the molecule is C=Cc1ccc(-c2nc(N(CC)CC)nc(N(CC)CC)n2)cc1. The van der Waals surface area contributed by atoms with E-state index in [0.717, 1.165) is 49.2 Å². The van der Waals surface area contributed by atoms with E-state index in [2.05, 4.69) is 44.1 Å². The maximum Gasteiger partial charge on any atom is 0.230 e. The number of hydrogen-bond acceptors (Lipinski definition) is 5. The number of benzene rings is 1. The molecular formula is C19H27N5. The van der Waals surface area contributed by atoms with Gasteiger partial charge in [0.2, 0.25) is 11.9 Å². The molecule has 24 heavy (non-hydrogen) atoms. The van der Waals surface area contributed by atoms with Crippen molar-refractivity contribution >= 4 is 18.0 Å². The van der Waals surface area contributed by atoms with Crippen LogP contribution in [0.15, 0.2) is 30.8 Å². The van der Waals surface area contributed by atoms with E-state index in [1.807, 2.05) is 30.3 Å². The minimum Gasteiger partial charge on any atom is -0.341 e. The molecule has 2 rings (SSSR count). The van der Waals surface area contributed by atoms with Gasteiger partial charge in [-0.3, -0.25) is 0 Å². The van der Waals surface area contributed by atoms with Crippen molar-refractivity contribution < 1.29 is 0 Å². The van der Waals surface area contributed by atoms with Gasteiger partial charge in [0.05, 0.1) is 0 Å². The third-order valence-corrected chi connectivity index (χ3v) is 4.11. The summed E-state index contributed by atoms with van der Waals surface area (Å²) in [5, 5.41) is 0. The lowest BCUT2D eigenvalue weighted by atomic mass is 10.1. The van der Waals surface area contributed by atoms with Crippen LogP contribution in [0.4, 0.5) is 11.9 Å². The minimum atomic E-state index is 0.712. The lowest BCUT2D eigenvalue weighted by Crippen LogP contribution is -2.28. The van der Waals surface area contributed by atoms with Crippen molar-refractivity contribution in [2.24, 2.45) is 0 Å². The van der Waals surface area contributed by atoms with E-state index in [4.69, 9.17) is 15.0 Å². The van der Waals surface area contributed by atoms with E-state index in [1.165, 1.54) is 0 Å². The number of nitrogens with zero attached hydrogens (tertiary/aromatic N) is 5. The quantitative estimate of drug-likeness (QED) is 0.737. The van der Waals surface area contributed by atoms with Gasteiger partial charge in [-0.25, -0.2) is 0 Å². The summed E-state index contributed by atoms with van der Waals surface area (Å²) in [5.41, 5.74) is 2.07. The molecule has 0 aliphatic heterocycles. The van der Waals surface area contributed by atoms with Crippen LogP contribution in [0.3, 0.4) is 0 Å². The van der Waals surface area contributed by atoms with E-state index in [9.17, 15) is 0 Å². The molecule has 5 nitrogen and oxygen atoms in total. The Morgan fingerprint density at radius 3 is 1.62 bits per heavy atom.